The number of carbonyl (C=O) groups is 2. The maximum Gasteiger partial charge on any atom is 0.326 e. The standard InChI is InChI=1S/C30H32N4O3/c35-28-30(26-9-5-2-6-10-26,20-23-7-3-1-4-8-23)31-29(36)34(28)22-33-16-14-32(15-17-33)21-24-11-12-27-25(19-24)13-18-37-27/h1-12,19H,13-18,20-22H2,(H,31,36). The number of piperazine rings is 1. The number of urea groups is 1. The molecule has 0 aliphatic carbocycles. The lowest BCUT2D eigenvalue weighted by atomic mass is 9.83. The molecule has 0 saturated carbocycles. The molecule has 2 fully saturated rings. The second-order valence-corrected chi connectivity index (χ2v) is 10.2. The first-order chi connectivity index (χ1) is 18.1. The van der Waals surface area contributed by atoms with E-state index < -0.39 is 5.54 Å². The SMILES string of the molecule is O=C1NC(Cc2ccccc2)(c2ccccc2)C(=O)N1CN1CCN(Cc2ccc3c(c2)CCO3)CC1. The lowest BCUT2D eigenvalue weighted by Crippen LogP contribution is -2.51. The van der Waals surface area contributed by atoms with E-state index >= 15 is 0 Å². The van der Waals surface area contributed by atoms with Crippen molar-refractivity contribution in [2.24, 2.45) is 0 Å². The largest absolute Gasteiger partial charge is 0.493 e. The molecule has 37 heavy (non-hydrogen) atoms. The summed E-state index contributed by atoms with van der Waals surface area (Å²) in [6.45, 7) is 5.38. The average molecular weight is 497 g/mol. The van der Waals surface area contributed by atoms with Crippen LogP contribution in [0.1, 0.15) is 22.3 Å². The summed E-state index contributed by atoms with van der Waals surface area (Å²) in [6.07, 6.45) is 1.40. The fourth-order valence-electron chi connectivity index (χ4n) is 5.68. The lowest BCUT2D eigenvalue weighted by molar-refractivity contribution is -0.133. The van der Waals surface area contributed by atoms with Gasteiger partial charge in [-0.3, -0.25) is 14.6 Å². The summed E-state index contributed by atoms with van der Waals surface area (Å²) >= 11 is 0. The molecule has 6 rings (SSSR count). The summed E-state index contributed by atoms with van der Waals surface area (Å²) < 4.78 is 5.63. The van der Waals surface area contributed by atoms with Crippen molar-refractivity contribution in [2.75, 3.05) is 39.5 Å². The van der Waals surface area contributed by atoms with Gasteiger partial charge in [0.05, 0.1) is 13.3 Å². The number of nitrogens with zero attached hydrogens (tertiary/aromatic N) is 3. The van der Waals surface area contributed by atoms with Gasteiger partial charge in [0.1, 0.15) is 5.75 Å². The van der Waals surface area contributed by atoms with Crippen molar-refractivity contribution < 1.29 is 14.3 Å². The highest BCUT2D eigenvalue weighted by atomic mass is 16.5. The molecule has 0 spiro atoms. The topological polar surface area (TPSA) is 65.1 Å². The highest BCUT2D eigenvalue weighted by Gasteiger charge is 2.52. The minimum atomic E-state index is -1.10. The smallest absolute Gasteiger partial charge is 0.326 e. The number of nitrogens with one attached hydrogen (secondary N) is 1. The quantitative estimate of drug-likeness (QED) is 0.508. The zero-order chi connectivity index (χ0) is 25.2. The van der Waals surface area contributed by atoms with E-state index in [2.05, 4.69) is 33.3 Å². The lowest BCUT2D eigenvalue weighted by Gasteiger charge is -2.36. The fraction of sp³-hybridized carbons (Fsp3) is 0.333. The van der Waals surface area contributed by atoms with Crippen LogP contribution in [0.5, 0.6) is 5.75 Å². The van der Waals surface area contributed by atoms with Gasteiger partial charge in [-0.2, -0.15) is 0 Å². The van der Waals surface area contributed by atoms with Crippen LogP contribution in [0, 0.1) is 0 Å². The molecule has 1 atom stereocenters. The molecule has 7 nitrogen and oxygen atoms in total. The Bertz CT molecular complexity index is 1270. The molecule has 0 radical (unpaired) electrons. The van der Waals surface area contributed by atoms with Crippen molar-refractivity contribution in [1.82, 2.24) is 20.0 Å². The Balaban J connectivity index is 1.12. The molecule has 3 aromatic rings. The van der Waals surface area contributed by atoms with Gasteiger partial charge in [0, 0.05) is 45.6 Å². The van der Waals surface area contributed by atoms with Gasteiger partial charge < -0.3 is 10.1 Å². The van der Waals surface area contributed by atoms with Crippen molar-refractivity contribution >= 4 is 11.9 Å². The fourth-order valence-corrected chi connectivity index (χ4v) is 5.68. The Hall–Kier alpha value is -3.68. The van der Waals surface area contributed by atoms with Crippen LogP contribution < -0.4 is 10.1 Å². The second kappa shape index (κ2) is 10.00. The van der Waals surface area contributed by atoms with Gasteiger partial charge in [0.15, 0.2) is 5.54 Å². The van der Waals surface area contributed by atoms with E-state index in [9.17, 15) is 9.59 Å². The Morgan fingerprint density at radius 1 is 0.811 bits per heavy atom. The summed E-state index contributed by atoms with van der Waals surface area (Å²) in [5, 5.41) is 3.07. The van der Waals surface area contributed by atoms with Crippen molar-refractivity contribution in [1.29, 1.82) is 0 Å². The van der Waals surface area contributed by atoms with Crippen molar-refractivity contribution in [3.63, 3.8) is 0 Å². The molecule has 1 N–H and O–H groups in total. The Kier molecular flexibility index (Phi) is 6.40. The number of ether oxygens (including phenoxy) is 1. The van der Waals surface area contributed by atoms with Gasteiger partial charge >= 0.3 is 6.03 Å². The molecular weight excluding hydrogens is 464 g/mol. The normalized spacial score (nSPS) is 22.1. The number of rotatable bonds is 7. The van der Waals surface area contributed by atoms with Gasteiger partial charge in [-0.1, -0.05) is 72.8 Å². The zero-order valence-corrected chi connectivity index (χ0v) is 20.9. The van der Waals surface area contributed by atoms with Crippen LogP contribution in [0.3, 0.4) is 0 Å². The van der Waals surface area contributed by atoms with Gasteiger partial charge in [0.2, 0.25) is 0 Å². The van der Waals surface area contributed by atoms with Crippen molar-refractivity contribution in [3.8, 4) is 5.75 Å². The number of amides is 3. The molecule has 3 aliphatic heterocycles. The summed E-state index contributed by atoms with van der Waals surface area (Å²) in [4.78, 5) is 33.1. The number of carbonyl (C=O) groups excluding carboxylic acids is 2. The molecule has 0 aromatic heterocycles. The molecule has 3 amide bonds. The van der Waals surface area contributed by atoms with Crippen molar-refractivity contribution in [2.45, 2.75) is 24.9 Å². The van der Waals surface area contributed by atoms with Crippen LogP contribution in [-0.4, -0.2) is 66.1 Å². The van der Waals surface area contributed by atoms with Crippen LogP contribution in [0.4, 0.5) is 4.79 Å². The first kappa shape index (κ1) is 23.7. The van der Waals surface area contributed by atoms with E-state index in [1.54, 1.807) is 0 Å². The van der Waals surface area contributed by atoms with Crippen LogP contribution >= 0.6 is 0 Å². The molecular formula is C30H32N4O3. The predicted octanol–water partition coefficient (Wildman–Crippen LogP) is 3.39. The Labute approximate surface area is 217 Å². The number of hydrogen-bond acceptors (Lipinski definition) is 5. The third-order valence-electron chi connectivity index (χ3n) is 7.72. The van der Waals surface area contributed by atoms with E-state index in [1.807, 2.05) is 60.7 Å². The molecule has 190 valence electrons. The summed E-state index contributed by atoms with van der Waals surface area (Å²) in [5.41, 5.74) is 3.32. The molecule has 0 bridgehead atoms. The van der Waals surface area contributed by atoms with Gasteiger partial charge in [-0.05, 0) is 28.3 Å². The molecule has 2 saturated heterocycles. The van der Waals surface area contributed by atoms with Crippen LogP contribution in [-0.2, 0) is 29.7 Å². The van der Waals surface area contributed by atoms with Gasteiger partial charge in [-0.15, -0.1) is 0 Å². The number of benzene rings is 3. The van der Waals surface area contributed by atoms with Gasteiger partial charge in [-0.25, -0.2) is 9.69 Å². The minimum absolute atomic E-state index is 0.185. The van der Waals surface area contributed by atoms with Crippen LogP contribution in [0.25, 0.3) is 0 Å². The van der Waals surface area contributed by atoms with Gasteiger partial charge in [0.25, 0.3) is 5.91 Å². The molecule has 3 heterocycles. The molecule has 1 unspecified atom stereocenters. The van der Waals surface area contributed by atoms with Crippen LogP contribution in [0.15, 0.2) is 78.9 Å². The van der Waals surface area contributed by atoms with E-state index in [-0.39, 0.29) is 11.9 Å². The molecule has 3 aliphatic rings. The summed E-state index contributed by atoms with van der Waals surface area (Å²) in [6, 6.07) is 25.7. The maximum atomic E-state index is 13.9. The Morgan fingerprint density at radius 3 is 2.27 bits per heavy atom. The third kappa shape index (κ3) is 4.72. The van der Waals surface area contributed by atoms with E-state index in [4.69, 9.17) is 4.74 Å². The zero-order valence-electron chi connectivity index (χ0n) is 20.9. The first-order valence-electron chi connectivity index (χ1n) is 13.0. The second-order valence-electron chi connectivity index (χ2n) is 10.2. The van der Waals surface area contributed by atoms with E-state index in [0.717, 1.165) is 62.6 Å². The predicted molar refractivity (Wildman–Crippen MR) is 141 cm³/mol. The Morgan fingerprint density at radius 2 is 1.51 bits per heavy atom. The summed E-state index contributed by atoms with van der Waals surface area (Å²) in [7, 11) is 0. The summed E-state index contributed by atoms with van der Waals surface area (Å²) in [5.74, 6) is 0.830. The number of fused-ring (bicyclic) bond motifs is 1. The highest BCUT2D eigenvalue weighted by Crippen LogP contribution is 2.33. The van der Waals surface area contributed by atoms with E-state index in [1.165, 1.54) is 16.0 Å². The van der Waals surface area contributed by atoms with Crippen LogP contribution in [0.2, 0.25) is 0 Å². The third-order valence-corrected chi connectivity index (χ3v) is 7.72. The number of imide groups is 1. The minimum Gasteiger partial charge on any atom is -0.493 e. The highest BCUT2D eigenvalue weighted by molar-refractivity contribution is 6.07. The van der Waals surface area contributed by atoms with E-state index in [0.29, 0.717) is 13.1 Å². The number of hydrogen-bond donors (Lipinski definition) is 1. The maximum absolute atomic E-state index is 13.9. The molecule has 7 heteroatoms. The first-order valence-corrected chi connectivity index (χ1v) is 13.0. The van der Waals surface area contributed by atoms with Crippen molar-refractivity contribution in [3.05, 3.63) is 101 Å². The average Bonchev–Trinajstić information content (AvgIpc) is 3.49. The monoisotopic (exact) mass is 496 g/mol. The molecule has 3 aromatic carbocycles.